The van der Waals surface area contributed by atoms with Gasteiger partial charge in [-0.2, -0.15) is 10.1 Å². The van der Waals surface area contributed by atoms with Gasteiger partial charge in [0.2, 0.25) is 5.95 Å². The summed E-state index contributed by atoms with van der Waals surface area (Å²) in [6.45, 7) is 0.786. The zero-order valence-corrected chi connectivity index (χ0v) is 11.6. The first kappa shape index (κ1) is 12.9. The molecule has 1 aromatic heterocycles. The summed E-state index contributed by atoms with van der Waals surface area (Å²) in [5.41, 5.74) is 7.70. The van der Waals surface area contributed by atoms with E-state index in [-0.39, 0.29) is 5.95 Å². The van der Waals surface area contributed by atoms with Crippen LogP contribution >= 0.6 is 11.6 Å². The van der Waals surface area contributed by atoms with Gasteiger partial charge in [-0.3, -0.25) is 0 Å². The topological polar surface area (TPSA) is 67.4 Å². The third-order valence-corrected chi connectivity index (χ3v) is 3.42. The van der Waals surface area contributed by atoms with Crippen molar-refractivity contribution in [3.63, 3.8) is 0 Å². The van der Waals surface area contributed by atoms with Crippen LogP contribution in [0.3, 0.4) is 0 Å². The predicted octanol–water partition coefficient (Wildman–Crippen LogP) is 2.50. The summed E-state index contributed by atoms with van der Waals surface area (Å²) in [5.74, 6) is 0.865. The average Bonchev–Trinajstić information content (AvgIpc) is 2.96. The van der Waals surface area contributed by atoms with Gasteiger partial charge in [0.1, 0.15) is 5.15 Å². The zero-order valence-electron chi connectivity index (χ0n) is 10.8. The number of aromatic nitrogens is 2. The van der Waals surface area contributed by atoms with Crippen molar-refractivity contribution in [3.8, 4) is 0 Å². The number of anilines is 2. The molecule has 2 heterocycles. The van der Waals surface area contributed by atoms with Gasteiger partial charge in [-0.25, -0.2) is 9.99 Å². The van der Waals surface area contributed by atoms with E-state index >= 15 is 0 Å². The summed E-state index contributed by atoms with van der Waals surface area (Å²) >= 11 is 6.25. The molecule has 2 N–H and O–H groups in total. The van der Waals surface area contributed by atoms with E-state index < -0.39 is 0 Å². The molecule has 0 saturated carbocycles. The van der Waals surface area contributed by atoms with E-state index in [1.807, 2.05) is 41.6 Å². The number of nitrogen functional groups attached to an aromatic ring is 1. The second-order valence-electron chi connectivity index (χ2n) is 4.55. The Balaban J connectivity index is 2.02. The van der Waals surface area contributed by atoms with Gasteiger partial charge in [0.05, 0.1) is 0 Å². The highest BCUT2D eigenvalue weighted by atomic mass is 35.5. The van der Waals surface area contributed by atoms with Crippen molar-refractivity contribution < 1.29 is 0 Å². The van der Waals surface area contributed by atoms with Crippen LogP contribution in [0.15, 0.2) is 35.4 Å². The summed E-state index contributed by atoms with van der Waals surface area (Å²) in [7, 11) is 0. The molecule has 6 heteroatoms. The van der Waals surface area contributed by atoms with E-state index in [9.17, 15) is 0 Å². The lowest BCUT2D eigenvalue weighted by molar-refractivity contribution is 0.875. The van der Waals surface area contributed by atoms with Crippen LogP contribution < -0.4 is 10.7 Å². The van der Waals surface area contributed by atoms with Gasteiger partial charge in [-0.05, 0) is 5.56 Å². The first-order valence-electron chi connectivity index (χ1n) is 6.40. The van der Waals surface area contributed by atoms with Crippen molar-refractivity contribution >= 4 is 29.6 Å². The van der Waals surface area contributed by atoms with Crippen LogP contribution in [0, 0.1) is 0 Å². The van der Waals surface area contributed by atoms with Crippen LogP contribution in [0.25, 0.3) is 0 Å². The summed E-state index contributed by atoms with van der Waals surface area (Å²) in [6.07, 6.45) is 3.41. The minimum atomic E-state index is 0.170. The van der Waals surface area contributed by atoms with Crippen molar-refractivity contribution in [2.24, 2.45) is 5.10 Å². The molecule has 3 rings (SSSR count). The number of hydrogen-bond donors (Lipinski definition) is 1. The molecule has 0 saturated heterocycles. The molecule has 20 heavy (non-hydrogen) atoms. The molecule has 1 aromatic carbocycles. The van der Waals surface area contributed by atoms with Crippen LogP contribution in [0.5, 0.6) is 0 Å². The van der Waals surface area contributed by atoms with Crippen LogP contribution in [0.1, 0.15) is 17.5 Å². The van der Waals surface area contributed by atoms with E-state index in [0.29, 0.717) is 17.4 Å². The van der Waals surface area contributed by atoms with E-state index in [4.69, 9.17) is 17.3 Å². The first-order valence-corrected chi connectivity index (χ1v) is 6.77. The molecule has 0 unspecified atom stereocenters. The molecule has 1 aliphatic heterocycles. The Morgan fingerprint density at radius 1 is 1.20 bits per heavy atom. The monoisotopic (exact) mass is 287 g/mol. The summed E-state index contributed by atoms with van der Waals surface area (Å²) in [6, 6.07) is 10.1. The standard InChI is InChI=1S/C14H14ClN5/c15-12-11(9-10-5-2-1-3-6-10)13(19-14(16)18-12)20-8-4-7-17-20/h1-3,5-7H,4,8-9H2,(H2,16,18,19). The summed E-state index contributed by atoms with van der Waals surface area (Å²) in [4.78, 5) is 8.36. The third kappa shape index (κ3) is 2.58. The highest BCUT2D eigenvalue weighted by Gasteiger charge is 2.19. The molecule has 0 bridgehead atoms. The number of rotatable bonds is 3. The molecule has 0 fully saturated rings. The summed E-state index contributed by atoms with van der Waals surface area (Å²) in [5, 5.41) is 6.50. The average molecular weight is 288 g/mol. The molecule has 1 aliphatic rings. The van der Waals surface area contributed by atoms with Crippen molar-refractivity contribution in [3.05, 3.63) is 46.6 Å². The Bertz CT molecular complexity index is 642. The number of nitrogens with zero attached hydrogens (tertiary/aromatic N) is 4. The maximum atomic E-state index is 6.25. The van der Waals surface area contributed by atoms with Crippen molar-refractivity contribution in [1.29, 1.82) is 0 Å². The molecule has 0 amide bonds. The van der Waals surface area contributed by atoms with Crippen molar-refractivity contribution in [2.75, 3.05) is 17.3 Å². The van der Waals surface area contributed by atoms with Crippen LogP contribution in [0.2, 0.25) is 5.15 Å². The van der Waals surface area contributed by atoms with E-state index in [2.05, 4.69) is 15.1 Å². The SMILES string of the molecule is Nc1nc(Cl)c(Cc2ccccc2)c(N2CCC=N2)n1. The van der Waals surface area contributed by atoms with Crippen LogP contribution in [0.4, 0.5) is 11.8 Å². The lowest BCUT2D eigenvalue weighted by Gasteiger charge is -2.18. The van der Waals surface area contributed by atoms with Gasteiger partial charge in [-0.1, -0.05) is 41.9 Å². The largest absolute Gasteiger partial charge is 0.368 e. The van der Waals surface area contributed by atoms with Gasteiger partial charge in [0, 0.05) is 31.2 Å². The van der Waals surface area contributed by atoms with Crippen molar-refractivity contribution in [2.45, 2.75) is 12.8 Å². The summed E-state index contributed by atoms with van der Waals surface area (Å²) < 4.78 is 0. The van der Waals surface area contributed by atoms with Crippen LogP contribution in [-0.4, -0.2) is 22.7 Å². The number of benzene rings is 1. The quantitative estimate of drug-likeness (QED) is 0.881. The zero-order chi connectivity index (χ0) is 13.9. The maximum absolute atomic E-state index is 6.25. The molecular formula is C14H14ClN5. The molecule has 0 spiro atoms. The van der Waals surface area contributed by atoms with E-state index in [1.165, 1.54) is 0 Å². The normalized spacial score (nSPS) is 13.9. The molecule has 0 radical (unpaired) electrons. The lowest BCUT2D eigenvalue weighted by atomic mass is 10.1. The smallest absolute Gasteiger partial charge is 0.223 e. The number of nitrogens with two attached hydrogens (primary N) is 1. The molecule has 5 nitrogen and oxygen atoms in total. The van der Waals surface area contributed by atoms with Gasteiger partial charge in [0.15, 0.2) is 5.82 Å². The lowest BCUT2D eigenvalue weighted by Crippen LogP contribution is -2.18. The fourth-order valence-electron chi connectivity index (χ4n) is 2.18. The van der Waals surface area contributed by atoms with Crippen LogP contribution in [-0.2, 0) is 6.42 Å². The van der Waals surface area contributed by atoms with Gasteiger partial charge >= 0.3 is 0 Å². The number of hydrazone groups is 1. The Hall–Kier alpha value is -2.14. The Labute approximate surface area is 122 Å². The Kier molecular flexibility index (Phi) is 3.52. The minimum Gasteiger partial charge on any atom is -0.368 e. The maximum Gasteiger partial charge on any atom is 0.223 e. The van der Waals surface area contributed by atoms with E-state index in [1.54, 1.807) is 0 Å². The van der Waals surface area contributed by atoms with Gasteiger partial charge < -0.3 is 5.73 Å². The first-order chi connectivity index (χ1) is 9.74. The van der Waals surface area contributed by atoms with Crippen molar-refractivity contribution in [1.82, 2.24) is 9.97 Å². The second kappa shape index (κ2) is 5.46. The second-order valence-corrected chi connectivity index (χ2v) is 4.91. The fourth-order valence-corrected chi connectivity index (χ4v) is 2.42. The Morgan fingerprint density at radius 2 is 2.00 bits per heavy atom. The molecule has 0 atom stereocenters. The molecule has 0 aliphatic carbocycles. The minimum absolute atomic E-state index is 0.170. The highest BCUT2D eigenvalue weighted by molar-refractivity contribution is 6.30. The van der Waals surface area contributed by atoms with Gasteiger partial charge in [-0.15, -0.1) is 0 Å². The predicted molar refractivity (Wildman–Crippen MR) is 81.2 cm³/mol. The molecule has 2 aromatic rings. The highest BCUT2D eigenvalue weighted by Crippen LogP contribution is 2.29. The fraction of sp³-hybridized carbons (Fsp3) is 0.214. The number of halogens is 1. The molecular weight excluding hydrogens is 274 g/mol. The van der Waals surface area contributed by atoms with Gasteiger partial charge in [0.25, 0.3) is 0 Å². The molecule has 102 valence electrons. The number of hydrogen-bond acceptors (Lipinski definition) is 5. The Morgan fingerprint density at radius 3 is 2.70 bits per heavy atom. The van der Waals surface area contributed by atoms with E-state index in [0.717, 1.165) is 24.1 Å². The third-order valence-electron chi connectivity index (χ3n) is 3.11.